The van der Waals surface area contributed by atoms with Crippen LogP contribution in [0.3, 0.4) is 0 Å². The molecule has 0 aromatic carbocycles. The molecule has 1 aliphatic rings. The topological polar surface area (TPSA) is 47.6 Å². The van der Waals surface area contributed by atoms with Gasteiger partial charge in [-0.05, 0) is 31.2 Å². The average molecular weight is 297 g/mol. The first-order chi connectivity index (χ1) is 9.50. The van der Waals surface area contributed by atoms with Gasteiger partial charge in [-0.3, -0.25) is 4.79 Å². The van der Waals surface area contributed by atoms with Crippen LogP contribution in [-0.4, -0.2) is 31.5 Å². The van der Waals surface area contributed by atoms with E-state index in [0.29, 0.717) is 25.7 Å². The first-order valence-corrected chi connectivity index (χ1v) is 7.97. The van der Waals surface area contributed by atoms with Crippen molar-refractivity contribution in [2.75, 3.05) is 19.8 Å². The number of nitrogens with one attached hydrogen (secondary N) is 1. The lowest BCUT2D eigenvalue weighted by Gasteiger charge is -2.26. The van der Waals surface area contributed by atoms with E-state index in [2.05, 4.69) is 12.2 Å². The van der Waals surface area contributed by atoms with Crippen molar-refractivity contribution in [3.05, 3.63) is 22.4 Å². The molecule has 4 nitrogen and oxygen atoms in total. The lowest BCUT2D eigenvalue weighted by atomic mass is 10.0. The van der Waals surface area contributed by atoms with Crippen molar-refractivity contribution in [3.63, 3.8) is 0 Å². The van der Waals surface area contributed by atoms with E-state index in [1.54, 1.807) is 11.3 Å². The maximum Gasteiger partial charge on any atom is 0.228 e. The third-order valence-electron chi connectivity index (χ3n) is 3.61. The molecule has 1 aromatic heterocycles. The van der Waals surface area contributed by atoms with Crippen LogP contribution >= 0.6 is 11.3 Å². The van der Waals surface area contributed by atoms with Crippen molar-refractivity contribution < 1.29 is 14.3 Å². The summed E-state index contributed by atoms with van der Waals surface area (Å²) in [6, 6.07) is 3.97. The molecule has 1 amide bonds. The molecule has 1 aliphatic heterocycles. The maximum absolute atomic E-state index is 12.1. The minimum atomic E-state index is -0.483. The molecule has 2 rings (SSSR count). The molecule has 1 aromatic rings. The molecule has 0 spiro atoms. The van der Waals surface area contributed by atoms with Crippen LogP contribution < -0.4 is 5.32 Å². The highest BCUT2D eigenvalue weighted by molar-refractivity contribution is 7.10. The van der Waals surface area contributed by atoms with Crippen LogP contribution in [0, 0.1) is 5.92 Å². The van der Waals surface area contributed by atoms with Crippen LogP contribution in [0.25, 0.3) is 0 Å². The molecule has 0 saturated carbocycles. The van der Waals surface area contributed by atoms with E-state index in [1.165, 1.54) is 0 Å². The Labute approximate surface area is 124 Å². The van der Waals surface area contributed by atoms with E-state index in [4.69, 9.17) is 9.47 Å². The number of carbonyl (C=O) groups excluding carboxylic acids is 1. The number of thiophene rings is 1. The van der Waals surface area contributed by atoms with Crippen molar-refractivity contribution in [3.8, 4) is 0 Å². The van der Waals surface area contributed by atoms with Crippen LogP contribution in [-0.2, 0) is 14.3 Å². The van der Waals surface area contributed by atoms with Crippen molar-refractivity contribution in [1.82, 2.24) is 5.32 Å². The highest BCUT2D eigenvalue weighted by Crippen LogP contribution is 2.26. The molecule has 0 aliphatic carbocycles. The second kappa shape index (κ2) is 6.70. The second-order valence-electron chi connectivity index (χ2n) is 5.62. The largest absolute Gasteiger partial charge is 0.355 e. The molecule has 1 fully saturated rings. The van der Waals surface area contributed by atoms with E-state index in [0.717, 1.165) is 11.3 Å². The quantitative estimate of drug-likeness (QED) is 0.878. The van der Waals surface area contributed by atoms with Crippen molar-refractivity contribution >= 4 is 17.2 Å². The SMILES string of the molecule is C[C@@H](CNC(=O)[C@@H](C)c1cccs1)CC1(C)OCCO1. The third-order valence-corrected chi connectivity index (χ3v) is 4.66. The van der Waals surface area contributed by atoms with Crippen molar-refractivity contribution in [2.45, 2.75) is 38.9 Å². The Bertz CT molecular complexity index is 426. The van der Waals surface area contributed by atoms with Gasteiger partial charge in [-0.15, -0.1) is 11.3 Å². The van der Waals surface area contributed by atoms with Gasteiger partial charge in [-0.2, -0.15) is 0 Å². The smallest absolute Gasteiger partial charge is 0.228 e. The number of rotatable bonds is 6. The lowest BCUT2D eigenvalue weighted by Crippen LogP contribution is -2.35. The maximum atomic E-state index is 12.1. The minimum absolute atomic E-state index is 0.0812. The second-order valence-corrected chi connectivity index (χ2v) is 6.60. The van der Waals surface area contributed by atoms with Gasteiger partial charge in [0.05, 0.1) is 19.1 Å². The van der Waals surface area contributed by atoms with E-state index in [9.17, 15) is 4.79 Å². The average Bonchev–Trinajstić information content (AvgIpc) is 3.06. The Balaban J connectivity index is 1.75. The predicted molar refractivity (Wildman–Crippen MR) is 79.8 cm³/mol. The fraction of sp³-hybridized carbons (Fsp3) is 0.667. The zero-order valence-electron chi connectivity index (χ0n) is 12.3. The Morgan fingerprint density at radius 2 is 2.15 bits per heavy atom. The molecule has 2 heterocycles. The Kier molecular flexibility index (Phi) is 5.18. The summed E-state index contributed by atoms with van der Waals surface area (Å²) >= 11 is 1.62. The molecule has 1 N–H and O–H groups in total. The summed E-state index contributed by atoms with van der Waals surface area (Å²) < 4.78 is 11.2. The summed E-state index contributed by atoms with van der Waals surface area (Å²) in [7, 11) is 0. The van der Waals surface area contributed by atoms with Crippen LogP contribution in [0.5, 0.6) is 0 Å². The zero-order valence-corrected chi connectivity index (χ0v) is 13.2. The first-order valence-electron chi connectivity index (χ1n) is 7.09. The van der Waals surface area contributed by atoms with Gasteiger partial charge < -0.3 is 14.8 Å². The van der Waals surface area contributed by atoms with Crippen LogP contribution in [0.4, 0.5) is 0 Å². The Morgan fingerprint density at radius 3 is 2.75 bits per heavy atom. The van der Waals surface area contributed by atoms with Gasteiger partial charge in [-0.1, -0.05) is 13.0 Å². The molecule has 0 unspecified atom stereocenters. The summed E-state index contributed by atoms with van der Waals surface area (Å²) in [5, 5.41) is 5.02. The molecule has 2 atom stereocenters. The highest BCUT2D eigenvalue weighted by atomic mass is 32.1. The van der Waals surface area contributed by atoms with Crippen molar-refractivity contribution in [1.29, 1.82) is 0 Å². The van der Waals surface area contributed by atoms with Crippen LogP contribution in [0.15, 0.2) is 17.5 Å². The van der Waals surface area contributed by atoms with E-state index >= 15 is 0 Å². The Hall–Kier alpha value is -0.910. The first kappa shape index (κ1) is 15.5. The highest BCUT2D eigenvalue weighted by Gasteiger charge is 2.32. The van der Waals surface area contributed by atoms with Crippen molar-refractivity contribution in [2.24, 2.45) is 5.92 Å². The van der Waals surface area contributed by atoms with Gasteiger partial charge in [0.2, 0.25) is 5.91 Å². The molecule has 0 bridgehead atoms. The molecular formula is C15H23NO3S. The van der Waals surface area contributed by atoms with E-state index in [-0.39, 0.29) is 11.8 Å². The van der Waals surface area contributed by atoms with Crippen LogP contribution in [0.1, 0.15) is 38.0 Å². The molecule has 5 heteroatoms. The van der Waals surface area contributed by atoms with Gasteiger partial charge in [0.15, 0.2) is 5.79 Å². The number of ether oxygens (including phenoxy) is 2. The van der Waals surface area contributed by atoms with Crippen LogP contribution in [0.2, 0.25) is 0 Å². The molecule has 20 heavy (non-hydrogen) atoms. The van der Waals surface area contributed by atoms with E-state index in [1.807, 2.05) is 31.4 Å². The number of carbonyl (C=O) groups is 1. The molecule has 1 saturated heterocycles. The van der Waals surface area contributed by atoms with Gasteiger partial charge >= 0.3 is 0 Å². The summed E-state index contributed by atoms with van der Waals surface area (Å²) in [6.07, 6.45) is 0.792. The normalized spacial score (nSPS) is 20.6. The van der Waals surface area contributed by atoms with Gasteiger partial charge in [0.1, 0.15) is 0 Å². The minimum Gasteiger partial charge on any atom is -0.355 e. The molecule has 112 valence electrons. The third kappa shape index (κ3) is 4.04. The monoisotopic (exact) mass is 297 g/mol. The predicted octanol–water partition coefficient (Wildman–Crippen LogP) is 2.76. The summed E-state index contributed by atoms with van der Waals surface area (Å²) in [6.45, 7) is 7.97. The fourth-order valence-electron chi connectivity index (χ4n) is 2.47. The van der Waals surface area contributed by atoms with E-state index < -0.39 is 5.79 Å². The molecule has 0 radical (unpaired) electrons. The summed E-state index contributed by atoms with van der Waals surface area (Å²) in [4.78, 5) is 13.2. The van der Waals surface area contributed by atoms with Gasteiger partial charge in [-0.25, -0.2) is 0 Å². The zero-order chi connectivity index (χ0) is 14.6. The molecular weight excluding hydrogens is 274 g/mol. The van der Waals surface area contributed by atoms with Gasteiger partial charge in [0.25, 0.3) is 0 Å². The number of hydrogen-bond acceptors (Lipinski definition) is 4. The Morgan fingerprint density at radius 1 is 1.45 bits per heavy atom. The number of amides is 1. The lowest BCUT2D eigenvalue weighted by molar-refractivity contribution is -0.154. The number of hydrogen-bond donors (Lipinski definition) is 1. The van der Waals surface area contributed by atoms with Gasteiger partial charge in [0, 0.05) is 17.8 Å². The summed E-state index contributed by atoms with van der Waals surface area (Å²) in [5.41, 5.74) is 0. The standard InChI is InChI=1S/C15H23NO3S/c1-11(9-15(3)18-6-7-19-15)10-16-14(17)12(2)13-5-4-8-20-13/h4-5,8,11-12H,6-7,9-10H2,1-3H3,(H,16,17)/t11-,12+/m1/s1. The fourth-order valence-corrected chi connectivity index (χ4v) is 3.26. The summed E-state index contributed by atoms with van der Waals surface area (Å²) in [5.74, 6) is -0.171.